The minimum absolute atomic E-state index is 0.0293. The average molecular weight is 303 g/mol. The van der Waals surface area contributed by atoms with Gasteiger partial charge < -0.3 is 9.47 Å². The Labute approximate surface area is 127 Å². The lowest BCUT2D eigenvalue weighted by Gasteiger charge is -2.29. The predicted octanol–water partition coefficient (Wildman–Crippen LogP) is 2.09. The van der Waals surface area contributed by atoms with Gasteiger partial charge >= 0.3 is 0 Å². The average Bonchev–Trinajstić information content (AvgIpc) is 2.50. The van der Waals surface area contributed by atoms with Crippen molar-refractivity contribution in [3.8, 4) is 0 Å². The van der Waals surface area contributed by atoms with Crippen LogP contribution in [-0.2, 0) is 24.3 Å². The van der Waals surface area contributed by atoms with Crippen LogP contribution in [-0.4, -0.2) is 21.9 Å². The van der Waals surface area contributed by atoms with Gasteiger partial charge in [0.2, 0.25) is 5.91 Å². The third-order valence-corrected chi connectivity index (χ3v) is 3.96. The molecule has 0 bridgehead atoms. The van der Waals surface area contributed by atoms with Crippen molar-refractivity contribution in [2.24, 2.45) is 0 Å². The largest absolute Gasteiger partial charge is 0.336 e. The minimum atomic E-state index is -0.217. The number of halogens is 1. The fourth-order valence-corrected chi connectivity index (χ4v) is 2.76. The molecule has 1 amide bonds. The molecule has 2 aromatic rings. The lowest BCUT2D eigenvalue weighted by Crippen LogP contribution is -2.39. The van der Waals surface area contributed by atoms with Crippen LogP contribution in [0.25, 0.3) is 0 Å². The molecule has 0 saturated carbocycles. The zero-order valence-electron chi connectivity index (χ0n) is 11.5. The van der Waals surface area contributed by atoms with E-state index in [4.69, 9.17) is 11.6 Å². The molecule has 5 heteroatoms. The summed E-state index contributed by atoms with van der Waals surface area (Å²) in [6.45, 7) is 1.32. The van der Waals surface area contributed by atoms with Gasteiger partial charge in [-0.05, 0) is 23.6 Å². The Morgan fingerprint density at radius 3 is 2.71 bits per heavy atom. The van der Waals surface area contributed by atoms with Crippen LogP contribution in [0.15, 0.2) is 47.4 Å². The van der Waals surface area contributed by atoms with Crippen molar-refractivity contribution in [2.75, 3.05) is 6.54 Å². The summed E-state index contributed by atoms with van der Waals surface area (Å²) >= 11 is 5.87. The van der Waals surface area contributed by atoms with E-state index in [2.05, 4.69) is 6.07 Å². The molecule has 1 aromatic carbocycles. The van der Waals surface area contributed by atoms with Gasteiger partial charge in [0.1, 0.15) is 6.54 Å². The highest BCUT2D eigenvalue weighted by Crippen LogP contribution is 2.18. The molecule has 0 unspecified atom stereocenters. The normalized spacial score (nSPS) is 13.9. The zero-order chi connectivity index (χ0) is 14.8. The van der Waals surface area contributed by atoms with Gasteiger partial charge in [-0.25, -0.2) is 0 Å². The smallest absolute Gasteiger partial charge is 0.251 e. The van der Waals surface area contributed by atoms with E-state index in [0.717, 1.165) is 6.42 Å². The summed E-state index contributed by atoms with van der Waals surface area (Å²) in [6, 6.07) is 11.0. The Morgan fingerprint density at radius 1 is 1.14 bits per heavy atom. The number of rotatable bonds is 2. The van der Waals surface area contributed by atoms with Gasteiger partial charge in [-0.15, -0.1) is 0 Å². The lowest BCUT2D eigenvalue weighted by atomic mass is 10.00. The summed E-state index contributed by atoms with van der Waals surface area (Å²) in [5, 5.41) is 0.450. The van der Waals surface area contributed by atoms with Crippen molar-refractivity contribution >= 4 is 17.5 Å². The molecule has 0 atom stereocenters. The van der Waals surface area contributed by atoms with E-state index < -0.39 is 0 Å². The van der Waals surface area contributed by atoms with Crippen LogP contribution in [0.1, 0.15) is 11.1 Å². The van der Waals surface area contributed by atoms with E-state index in [9.17, 15) is 9.59 Å². The summed E-state index contributed by atoms with van der Waals surface area (Å²) in [5.41, 5.74) is 2.25. The topological polar surface area (TPSA) is 42.3 Å². The summed E-state index contributed by atoms with van der Waals surface area (Å²) < 4.78 is 1.35. The van der Waals surface area contributed by atoms with Gasteiger partial charge in [0.15, 0.2) is 0 Å². The molecule has 0 aliphatic carbocycles. The first-order valence-corrected chi connectivity index (χ1v) is 7.22. The molecule has 1 aromatic heterocycles. The van der Waals surface area contributed by atoms with Gasteiger partial charge in [0.25, 0.3) is 5.56 Å². The Bertz CT molecular complexity index is 739. The van der Waals surface area contributed by atoms with Crippen LogP contribution in [0, 0.1) is 0 Å². The maximum atomic E-state index is 12.4. The Hall–Kier alpha value is -2.07. The zero-order valence-corrected chi connectivity index (χ0v) is 12.2. The molecule has 4 nitrogen and oxygen atoms in total. The number of fused-ring (bicyclic) bond motifs is 1. The number of carbonyl (C=O) groups is 1. The van der Waals surface area contributed by atoms with Crippen molar-refractivity contribution in [3.05, 3.63) is 69.1 Å². The molecule has 1 aliphatic rings. The van der Waals surface area contributed by atoms with E-state index >= 15 is 0 Å². The van der Waals surface area contributed by atoms with Crippen LogP contribution >= 0.6 is 11.6 Å². The third-order valence-electron chi connectivity index (χ3n) is 3.74. The number of amides is 1. The number of benzene rings is 1. The van der Waals surface area contributed by atoms with Gasteiger partial charge in [-0.3, -0.25) is 9.59 Å². The monoisotopic (exact) mass is 302 g/mol. The van der Waals surface area contributed by atoms with Gasteiger partial charge in [-0.1, -0.05) is 35.9 Å². The molecule has 3 rings (SSSR count). The second-order valence-corrected chi connectivity index (χ2v) is 5.58. The Balaban J connectivity index is 1.75. The first-order chi connectivity index (χ1) is 10.1. The van der Waals surface area contributed by atoms with Gasteiger partial charge in [-0.2, -0.15) is 0 Å². The number of aromatic nitrogens is 1. The Kier molecular flexibility index (Phi) is 3.80. The van der Waals surface area contributed by atoms with Crippen molar-refractivity contribution in [1.82, 2.24) is 9.47 Å². The first kappa shape index (κ1) is 13.9. The van der Waals surface area contributed by atoms with E-state index in [1.54, 1.807) is 4.90 Å². The van der Waals surface area contributed by atoms with Crippen LogP contribution < -0.4 is 5.56 Å². The molecule has 0 fully saturated rings. The highest BCUT2D eigenvalue weighted by atomic mass is 35.5. The molecular formula is C16H15ClN2O2. The van der Waals surface area contributed by atoms with Crippen molar-refractivity contribution in [3.63, 3.8) is 0 Å². The second kappa shape index (κ2) is 5.74. The van der Waals surface area contributed by atoms with E-state index in [1.165, 1.54) is 34.0 Å². The lowest BCUT2D eigenvalue weighted by molar-refractivity contribution is -0.132. The van der Waals surface area contributed by atoms with E-state index in [1.807, 2.05) is 18.2 Å². The number of pyridine rings is 1. The molecule has 0 saturated heterocycles. The maximum Gasteiger partial charge on any atom is 0.251 e. The molecule has 21 heavy (non-hydrogen) atoms. The fraction of sp³-hybridized carbons (Fsp3) is 0.250. The minimum Gasteiger partial charge on any atom is -0.336 e. The maximum absolute atomic E-state index is 12.4. The highest BCUT2D eigenvalue weighted by Gasteiger charge is 2.20. The molecule has 0 radical (unpaired) electrons. The summed E-state index contributed by atoms with van der Waals surface area (Å²) in [6.07, 6.45) is 2.35. The number of hydrogen-bond donors (Lipinski definition) is 0. The van der Waals surface area contributed by atoms with Crippen LogP contribution in [0.4, 0.5) is 0 Å². The van der Waals surface area contributed by atoms with E-state index in [0.29, 0.717) is 18.1 Å². The number of nitrogens with zero attached hydrogens (tertiary/aromatic N) is 2. The number of hydrogen-bond acceptors (Lipinski definition) is 2. The second-order valence-electron chi connectivity index (χ2n) is 5.15. The quantitative estimate of drug-likeness (QED) is 0.852. The van der Waals surface area contributed by atoms with Gasteiger partial charge in [0, 0.05) is 25.4 Å². The predicted molar refractivity (Wildman–Crippen MR) is 81.3 cm³/mol. The molecule has 0 N–H and O–H groups in total. The third kappa shape index (κ3) is 3.00. The first-order valence-electron chi connectivity index (χ1n) is 6.84. The van der Waals surface area contributed by atoms with Crippen LogP contribution in [0.2, 0.25) is 5.02 Å². The number of carbonyl (C=O) groups excluding carboxylic acids is 1. The highest BCUT2D eigenvalue weighted by molar-refractivity contribution is 6.30. The standard InChI is InChI=1S/C16H15ClN2O2/c17-14-5-6-15(20)19(10-14)11-16(21)18-8-7-12-3-1-2-4-13(12)9-18/h1-6,10H,7-9,11H2. The van der Waals surface area contributed by atoms with Crippen LogP contribution in [0.5, 0.6) is 0 Å². The molecule has 1 aliphatic heterocycles. The summed E-state index contributed by atoms with van der Waals surface area (Å²) in [5.74, 6) is -0.0612. The van der Waals surface area contributed by atoms with Crippen molar-refractivity contribution in [2.45, 2.75) is 19.5 Å². The SMILES string of the molecule is O=C(Cn1cc(Cl)ccc1=O)N1CCc2ccccc2C1. The van der Waals surface area contributed by atoms with Crippen molar-refractivity contribution < 1.29 is 4.79 Å². The van der Waals surface area contributed by atoms with E-state index in [-0.39, 0.29) is 18.0 Å². The fourth-order valence-electron chi connectivity index (χ4n) is 2.58. The summed E-state index contributed by atoms with van der Waals surface area (Å²) in [7, 11) is 0. The molecule has 108 valence electrons. The molecule has 2 heterocycles. The molecular weight excluding hydrogens is 288 g/mol. The molecule has 0 spiro atoms. The van der Waals surface area contributed by atoms with Crippen LogP contribution in [0.3, 0.4) is 0 Å². The van der Waals surface area contributed by atoms with Crippen molar-refractivity contribution in [1.29, 1.82) is 0 Å². The Morgan fingerprint density at radius 2 is 1.90 bits per heavy atom. The van der Waals surface area contributed by atoms with Gasteiger partial charge in [0.05, 0.1) is 5.02 Å². The summed E-state index contributed by atoms with van der Waals surface area (Å²) in [4.78, 5) is 25.9.